The van der Waals surface area contributed by atoms with Crippen LogP contribution in [0, 0.1) is 4.77 Å². The molecule has 0 spiro atoms. The molecule has 0 amide bonds. The Hall–Kier alpha value is -2.80. The van der Waals surface area contributed by atoms with Crippen molar-refractivity contribution in [1.82, 2.24) is 19.9 Å². The number of rotatable bonds is 4. The Morgan fingerprint density at radius 2 is 2.00 bits per heavy atom. The standard InChI is InChI=1S/C15H13N5OS/c1-21-13-5-3-2-4-12(13)10-17-20-14(18-19-15(20)22)11-6-8-16-9-7-11/h2-10H,1H3,(H,19,22)/b17-10-. The third-order valence-electron chi connectivity index (χ3n) is 3.04. The minimum absolute atomic E-state index is 0.415. The SMILES string of the molecule is COc1ccccc1/C=N\n1c(-c2ccncc2)n[nH]c1=S. The van der Waals surface area contributed by atoms with Gasteiger partial charge in [-0.3, -0.25) is 4.98 Å². The average molecular weight is 311 g/mol. The number of benzene rings is 1. The van der Waals surface area contributed by atoms with Gasteiger partial charge in [0, 0.05) is 23.5 Å². The maximum Gasteiger partial charge on any atom is 0.216 e. The topological polar surface area (TPSA) is 68.1 Å². The zero-order valence-corrected chi connectivity index (χ0v) is 12.6. The normalized spacial score (nSPS) is 11.0. The van der Waals surface area contributed by atoms with Gasteiger partial charge in [-0.2, -0.15) is 14.9 Å². The van der Waals surface area contributed by atoms with Gasteiger partial charge in [-0.15, -0.1) is 0 Å². The van der Waals surface area contributed by atoms with Crippen molar-refractivity contribution >= 4 is 18.4 Å². The summed E-state index contributed by atoms with van der Waals surface area (Å²) in [6.07, 6.45) is 5.08. The van der Waals surface area contributed by atoms with Crippen molar-refractivity contribution in [2.24, 2.45) is 5.10 Å². The van der Waals surface area contributed by atoms with Gasteiger partial charge in [0.2, 0.25) is 4.77 Å². The average Bonchev–Trinajstić information content (AvgIpc) is 2.95. The fourth-order valence-electron chi connectivity index (χ4n) is 1.98. The van der Waals surface area contributed by atoms with Crippen LogP contribution in [-0.4, -0.2) is 33.2 Å². The molecule has 1 aromatic carbocycles. The molecule has 110 valence electrons. The number of ether oxygens (including phenoxy) is 1. The fourth-order valence-corrected chi connectivity index (χ4v) is 2.16. The number of hydrogen-bond acceptors (Lipinski definition) is 5. The smallest absolute Gasteiger partial charge is 0.216 e. The van der Waals surface area contributed by atoms with E-state index in [-0.39, 0.29) is 0 Å². The van der Waals surface area contributed by atoms with Crippen molar-refractivity contribution in [1.29, 1.82) is 0 Å². The van der Waals surface area contributed by atoms with E-state index in [4.69, 9.17) is 17.0 Å². The first-order chi connectivity index (χ1) is 10.8. The molecule has 0 radical (unpaired) electrons. The van der Waals surface area contributed by atoms with Crippen LogP contribution in [0.5, 0.6) is 5.75 Å². The van der Waals surface area contributed by atoms with Gasteiger partial charge in [-0.05, 0) is 36.5 Å². The number of aromatic amines is 1. The van der Waals surface area contributed by atoms with Crippen LogP contribution in [0.25, 0.3) is 11.4 Å². The van der Waals surface area contributed by atoms with Crippen LogP contribution in [0.1, 0.15) is 5.56 Å². The molecule has 22 heavy (non-hydrogen) atoms. The summed E-state index contributed by atoms with van der Waals surface area (Å²) < 4.78 is 7.28. The number of hydrogen-bond donors (Lipinski definition) is 1. The van der Waals surface area contributed by atoms with Gasteiger partial charge in [-0.1, -0.05) is 12.1 Å². The fraction of sp³-hybridized carbons (Fsp3) is 0.0667. The molecule has 0 aliphatic carbocycles. The first-order valence-electron chi connectivity index (χ1n) is 6.55. The zero-order valence-electron chi connectivity index (χ0n) is 11.8. The second-order valence-corrected chi connectivity index (χ2v) is 4.77. The quantitative estimate of drug-likeness (QED) is 0.594. The minimum Gasteiger partial charge on any atom is -0.496 e. The Morgan fingerprint density at radius 3 is 2.77 bits per heavy atom. The highest BCUT2D eigenvalue weighted by molar-refractivity contribution is 7.71. The molecule has 0 bridgehead atoms. The largest absolute Gasteiger partial charge is 0.496 e. The Balaban J connectivity index is 2.01. The summed E-state index contributed by atoms with van der Waals surface area (Å²) in [5.74, 6) is 1.37. The molecule has 0 saturated heterocycles. The predicted molar refractivity (Wildman–Crippen MR) is 86.6 cm³/mol. The summed E-state index contributed by atoms with van der Waals surface area (Å²) in [6, 6.07) is 11.3. The Bertz CT molecular complexity index is 854. The van der Waals surface area contributed by atoms with E-state index < -0.39 is 0 Å². The van der Waals surface area contributed by atoms with Crippen molar-refractivity contribution < 1.29 is 4.74 Å². The van der Waals surface area contributed by atoms with Gasteiger partial charge < -0.3 is 4.74 Å². The number of nitrogens with one attached hydrogen (secondary N) is 1. The molecule has 3 rings (SSSR count). The molecular weight excluding hydrogens is 298 g/mol. The van der Waals surface area contributed by atoms with Gasteiger partial charge >= 0.3 is 0 Å². The number of methoxy groups -OCH3 is 1. The molecule has 6 nitrogen and oxygen atoms in total. The number of aromatic nitrogens is 4. The molecule has 1 N–H and O–H groups in total. The van der Waals surface area contributed by atoms with Crippen LogP contribution in [0.4, 0.5) is 0 Å². The van der Waals surface area contributed by atoms with Crippen LogP contribution < -0.4 is 4.74 Å². The van der Waals surface area contributed by atoms with Crippen molar-refractivity contribution in [3.8, 4) is 17.1 Å². The number of para-hydroxylation sites is 1. The number of nitrogens with zero attached hydrogens (tertiary/aromatic N) is 4. The Labute approximate surface area is 132 Å². The summed E-state index contributed by atoms with van der Waals surface area (Å²) in [4.78, 5) is 4.00. The third kappa shape index (κ3) is 2.79. The van der Waals surface area contributed by atoms with Gasteiger partial charge in [0.1, 0.15) is 5.75 Å². The Kier molecular flexibility index (Phi) is 4.06. The van der Waals surface area contributed by atoms with Crippen LogP contribution in [0.3, 0.4) is 0 Å². The van der Waals surface area contributed by atoms with Crippen LogP contribution in [0.2, 0.25) is 0 Å². The monoisotopic (exact) mass is 311 g/mol. The maximum atomic E-state index is 5.30. The third-order valence-corrected chi connectivity index (χ3v) is 3.30. The number of H-pyrrole nitrogens is 1. The number of pyridine rings is 1. The van der Waals surface area contributed by atoms with Gasteiger partial charge in [0.25, 0.3) is 0 Å². The van der Waals surface area contributed by atoms with Gasteiger partial charge in [0.05, 0.1) is 13.3 Å². The van der Waals surface area contributed by atoms with E-state index in [0.717, 1.165) is 16.9 Å². The van der Waals surface area contributed by atoms with E-state index in [2.05, 4.69) is 20.3 Å². The maximum absolute atomic E-state index is 5.30. The lowest BCUT2D eigenvalue weighted by Crippen LogP contribution is -1.96. The molecule has 0 unspecified atom stereocenters. The highest BCUT2D eigenvalue weighted by atomic mass is 32.1. The van der Waals surface area contributed by atoms with E-state index in [1.54, 1.807) is 30.4 Å². The van der Waals surface area contributed by atoms with E-state index in [0.29, 0.717) is 10.6 Å². The van der Waals surface area contributed by atoms with Crippen molar-refractivity contribution in [3.63, 3.8) is 0 Å². The molecule has 2 heterocycles. The Morgan fingerprint density at radius 1 is 1.23 bits per heavy atom. The summed E-state index contributed by atoms with van der Waals surface area (Å²) in [5, 5.41) is 11.4. The molecule has 0 fully saturated rings. The lowest BCUT2D eigenvalue weighted by atomic mass is 10.2. The first kappa shape index (κ1) is 14.2. The molecule has 0 aliphatic heterocycles. The lowest BCUT2D eigenvalue weighted by molar-refractivity contribution is 0.414. The summed E-state index contributed by atoms with van der Waals surface area (Å²) in [7, 11) is 1.62. The molecular formula is C15H13N5OS. The highest BCUT2D eigenvalue weighted by Gasteiger charge is 2.07. The summed E-state index contributed by atoms with van der Waals surface area (Å²) >= 11 is 5.23. The van der Waals surface area contributed by atoms with Crippen molar-refractivity contribution in [2.45, 2.75) is 0 Å². The van der Waals surface area contributed by atoms with E-state index >= 15 is 0 Å². The van der Waals surface area contributed by atoms with Gasteiger partial charge in [-0.25, -0.2) is 5.10 Å². The van der Waals surface area contributed by atoms with Crippen LogP contribution in [-0.2, 0) is 0 Å². The van der Waals surface area contributed by atoms with E-state index in [1.165, 1.54) is 0 Å². The first-order valence-corrected chi connectivity index (χ1v) is 6.95. The second kappa shape index (κ2) is 6.31. The molecule has 2 aromatic heterocycles. The second-order valence-electron chi connectivity index (χ2n) is 4.39. The highest BCUT2D eigenvalue weighted by Crippen LogP contribution is 2.17. The predicted octanol–water partition coefficient (Wildman–Crippen LogP) is 2.89. The van der Waals surface area contributed by atoms with E-state index in [1.807, 2.05) is 36.4 Å². The zero-order chi connectivity index (χ0) is 15.4. The summed E-state index contributed by atoms with van der Waals surface area (Å²) in [6.45, 7) is 0. The molecule has 3 aromatic rings. The van der Waals surface area contributed by atoms with E-state index in [9.17, 15) is 0 Å². The van der Waals surface area contributed by atoms with Crippen LogP contribution in [0.15, 0.2) is 53.9 Å². The molecule has 0 aliphatic rings. The molecule has 0 atom stereocenters. The van der Waals surface area contributed by atoms with Crippen molar-refractivity contribution in [3.05, 3.63) is 59.1 Å². The molecule has 0 saturated carbocycles. The molecule has 7 heteroatoms. The van der Waals surface area contributed by atoms with Crippen molar-refractivity contribution in [2.75, 3.05) is 7.11 Å². The van der Waals surface area contributed by atoms with Crippen LogP contribution >= 0.6 is 12.2 Å². The van der Waals surface area contributed by atoms with Gasteiger partial charge in [0.15, 0.2) is 5.82 Å². The summed E-state index contributed by atoms with van der Waals surface area (Å²) in [5.41, 5.74) is 1.73. The minimum atomic E-state index is 0.415. The lowest BCUT2D eigenvalue weighted by Gasteiger charge is -2.03.